The predicted octanol–water partition coefficient (Wildman–Crippen LogP) is 2.52. The number of carbonyl (C=O) groups excluding carboxylic acids is 2. The number of rotatable bonds is 5. The summed E-state index contributed by atoms with van der Waals surface area (Å²) in [4.78, 5) is 23.7. The van der Waals surface area contributed by atoms with E-state index in [-0.39, 0.29) is 12.5 Å². The molecular weight excluding hydrogens is 290 g/mol. The van der Waals surface area contributed by atoms with Gasteiger partial charge < -0.3 is 10.1 Å². The van der Waals surface area contributed by atoms with Gasteiger partial charge in [-0.05, 0) is 36.2 Å². The van der Waals surface area contributed by atoms with Gasteiger partial charge in [-0.15, -0.1) is 0 Å². The van der Waals surface area contributed by atoms with Crippen LogP contribution in [-0.2, 0) is 14.3 Å². The minimum atomic E-state index is -0.784. The fraction of sp³-hybridized carbons (Fsp3) is 0.263. The Balaban J connectivity index is 1.81. The lowest BCUT2D eigenvalue weighted by molar-refractivity contribution is -0.154. The van der Waals surface area contributed by atoms with Crippen LogP contribution >= 0.6 is 0 Å². The van der Waals surface area contributed by atoms with Crippen LogP contribution in [0.1, 0.15) is 24.0 Å². The Bertz CT molecular complexity index is 708. The van der Waals surface area contributed by atoms with Crippen LogP contribution in [0.4, 0.5) is 0 Å². The Labute approximate surface area is 135 Å². The van der Waals surface area contributed by atoms with Crippen LogP contribution in [0.15, 0.2) is 48.5 Å². The van der Waals surface area contributed by atoms with Crippen molar-refractivity contribution in [1.29, 1.82) is 0 Å². The predicted molar refractivity (Wildman–Crippen MR) is 88.2 cm³/mol. The number of likely N-dealkylation sites (N-methyl/N-ethyl adjacent to an activating group) is 1. The first-order valence-corrected chi connectivity index (χ1v) is 7.70. The number of carbonyl (C=O) groups is 2. The number of hydrogen-bond acceptors (Lipinski definition) is 4. The molecule has 23 heavy (non-hydrogen) atoms. The number of benzene rings is 2. The molecule has 2 aromatic carbocycles. The third-order valence-electron chi connectivity index (χ3n) is 4.37. The number of nitrogens with one attached hydrogen (secondary N) is 1. The summed E-state index contributed by atoms with van der Waals surface area (Å²) in [6.07, 6.45) is 0. The zero-order valence-electron chi connectivity index (χ0n) is 13.2. The SMILES string of the molecule is CN[C@@H](C)C(=O)C(=O)OCC1c2ccccc2-c2ccccc21. The summed E-state index contributed by atoms with van der Waals surface area (Å²) in [5, 5.41) is 2.75. The Morgan fingerprint density at radius 2 is 1.57 bits per heavy atom. The molecule has 1 atom stereocenters. The summed E-state index contributed by atoms with van der Waals surface area (Å²) >= 11 is 0. The molecule has 4 heteroatoms. The van der Waals surface area contributed by atoms with E-state index in [4.69, 9.17) is 4.74 Å². The Hall–Kier alpha value is -2.46. The van der Waals surface area contributed by atoms with E-state index in [0.717, 1.165) is 11.1 Å². The molecule has 0 saturated heterocycles. The van der Waals surface area contributed by atoms with E-state index in [1.165, 1.54) is 11.1 Å². The second kappa shape index (κ2) is 6.34. The zero-order valence-corrected chi connectivity index (χ0v) is 13.2. The third-order valence-corrected chi connectivity index (χ3v) is 4.37. The fourth-order valence-corrected chi connectivity index (χ4v) is 2.98. The fourth-order valence-electron chi connectivity index (χ4n) is 2.98. The lowest BCUT2D eigenvalue weighted by atomic mass is 9.98. The van der Waals surface area contributed by atoms with Gasteiger partial charge in [-0.3, -0.25) is 4.79 Å². The number of ether oxygens (including phenoxy) is 1. The standard InChI is InChI=1S/C19H19NO3/c1-12(20-2)18(21)19(22)23-11-17-15-9-5-3-7-13(15)14-8-4-6-10-16(14)17/h3-10,12,17,20H,11H2,1-2H3/t12-/m0/s1. The van der Waals surface area contributed by atoms with Gasteiger partial charge in [0.1, 0.15) is 6.61 Å². The molecule has 0 unspecified atom stereocenters. The molecule has 4 nitrogen and oxygen atoms in total. The maximum Gasteiger partial charge on any atom is 0.376 e. The summed E-state index contributed by atoms with van der Waals surface area (Å²) in [6, 6.07) is 15.7. The van der Waals surface area contributed by atoms with Crippen LogP contribution in [0, 0.1) is 0 Å². The molecule has 1 N–H and O–H groups in total. The van der Waals surface area contributed by atoms with E-state index in [2.05, 4.69) is 17.4 Å². The van der Waals surface area contributed by atoms with Gasteiger partial charge in [-0.2, -0.15) is 0 Å². The first-order chi connectivity index (χ1) is 11.1. The van der Waals surface area contributed by atoms with E-state index in [1.54, 1.807) is 14.0 Å². The van der Waals surface area contributed by atoms with E-state index >= 15 is 0 Å². The van der Waals surface area contributed by atoms with E-state index < -0.39 is 17.8 Å². The van der Waals surface area contributed by atoms with Crippen LogP contribution in [0.2, 0.25) is 0 Å². The number of fused-ring (bicyclic) bond motifs is 3. The minimum absolute atomic E-state index is 0.0240. The van der Waals surface area contributed by atoms with Gasteiger partial charge in [0, 0.05) is 5.92 Å². The number of Topliss-reactive ketones (excluding diaryl/α,β-unsaturated/α-hetero) is 1. The molecule has 0 radical (unpaired) electrons. The summed E-state index contributed by atoms with van der Waals surface area (Å²) < 4.78 is 5.30. The van der Waals surface area contributed by atoms with Gasteiger partial charge in [-0.25, -0.2) is 4.79 Å². The van der Waals surface area contributed by atoms with Crippen LogP contribution in [0.5, 0.6) is 0 Å². The molecule has 0 heterocycles. The molecule has 0 bridgehead atoms. The van der Waals surface area contributed by atoms with Gasteiger partial charge in [0.15, 0.2) is 0 Å². The Kier molecular flexibility index (Phi) is 4.26. The average Bonchev–Trinajstić information content (AvgIpc) is 2.92. The number of hydrogen-bond donors (Lipinski definition) is 1. The number of esters is 1. The van der Waals surface area contributed by atoms with Crippen molar-refractivity contribution in [3.63, 3.8) is 0 Å². The van der Waals surface area contributed by atoms with Gasteiger partial charge in [0.2, 0.25) is 0 Å². The van der Waals surface area contributed by atoms with Crippen molar-refractivity contribution < 1.29 is 14.3 Å². The summed E-state index contributed by atoms with van der Waals surface area (Å²) in [5.74, 6) is -1.36. The lowest BCUT2D eigenvalue weighted by Crippen LogP contribution is -2.37. The van der Waals surface area contributed by atoms with Crippen molar-refractivity contribution in [1.82, 2.24) is 5.32 Å². The van der Waals surface area contributed by atoms with Gasteiger partial charge in [0.25, 0.3) is 5.78 Å². The third kappa shape index (κ3) is 2.78. The highest BCUT2D eigenvalue weighted by atomic mass is 16.5. The van der Waals surface area contributed by atoms with Crippen molar-refractivity contribution in [2.75, 3.05) is 13.7 Å². The monoisotopic (exact) mass is 309 g/mol. The molecule has 1 aliphatic carbocycles. The van der Waals surface area contributed by atoms with Gasteiger partial charge in [-0.1, -0.05) is 48.5 Å². The van der Waals surface area contributed by atoms with E-state index in [0.29, 0.717) is 0 Å². The first kappa shape index (κ1) is 15.4. The molecule has 0 fully saturated rings. The zero-order chi connectivity index (χ0) is 16.4. The normalized spacial score (nSPS) is 14.0. The van der Waals surface area contributed by atoms with Crippen molar-refractivity contribution in [3.05, 3.63) is 59.7 Å². The lowest BCUT2D eigenvalue weighted by Gasteiger charge is -2.15. The van der Waals surface area contributed by atoms with Crippen LogP contribution in [-0.4, -0.2) is 31.4 Å². The molecular formula is C19H19NO3. The molecule has 0 spiro atoms. The minimum Gasteiger partial charge on any atom is -0.459 e. The molecule has 3 rings (SSSR count). The largest absolute Gasteiger partial charge is 0.459 e. The highest BCUT2D eigenvalue weighted by molar-refractivity contribution is 6.35. The molecule has 0 saturated carbocycles. The van der Waals surface area contributed by atoms with Crippen LogP contribution < -0.4 is 5.32 Å². The maximum absolute atomic E-state index is 11.9. The van der Waals surface area contributed by atoms with Crippen molar-refractivity contribution in [2.45, 2.75) is 18.9 Å². The smallest absolute Gasteiger partial charge is 0.376 e. The average molecular weight is 309 g/mol. The molecule has 0 amide bonds. The molecule has 118 valence electrons. The number of ketones is 1. The second-order valence-corrected chi connectivity index (χ2v) is 5.70. The quantitative estimate of drug-likeness (QED) is 0.681. The topological polar surface area (TPSA) is 55.4 Å². The van der Waals surface area contributed by atoms with E-state index in [9.17, 15) is 9.59 Å². The van der Waals surface area contributed by atoms with Crippen LogP contribution in [0.3, 0.4) is 0 Å². The summed E-state index contributed by atoms with van der Waals surface area (Å²) in [6.45, 7) is 1.82. The molecule has 2 aromatic rings. The van der Waals surface area contributed by atoms with Crippen molar-refractivity contribution in [3.8, 4) is 11.1 Å². The van der Waals surface area contributed by atoms with Crippen molar-refractivity contribution in [2.24, 2.45) is 0 Å². The summed E-state index contributed by atoms with van der Waals surface area (Å²) in [7, 11) is 1.64. The summed E-state index contributed by atoms with van der Waals surface area (Å²) in [5.41, 5.74) is 4.60. The van der Waals surface area contributed by atoms with Gasteiger partial charge in [0.05, 0.1) is 6.04 Å². The van der Waals surface area contributed by atoms with Gasteiger partial charge >= 0.3 is 5.97 Å². The Morgan fingerprint density at radius 1 is 1.04 bits per heavy atom. The Morgan fingerprint density at radius 3 is 2.09 bits per heavy atom. The van der Waals surface area contributed by atoms with Crippen LogP contribution in [0.25, 0.3) is 11.1 Å². The first-order valence-electron chi connectivity index (χ1n) is 7.70. The van der Waals surface area contributed by atoms with E-state index in [1.807, 2.05) is 36.4 Å². The molecule has 1 aliphatic rings. The van der Waals surface area contributed by atoms with Crippen molar-refractivity contribution >= 4 is 11.8 Å². The molecule has 0 aromatic heterocycles. The highest BCUT2D eigenvalue weighted by Gasteiger charge is 2.30. The highest BCUT2D eigenvalue weighted by Crippen LogP contribution is 2.44. The second-order valence-electron chi connectivity index (χ2n) is 5.70. The molecule has 0 aliphatic heterocycles. The maximum atomic E-state index is 11.9.